The van der Waals surface area contributed by atoms with E-state index < -0.39 is 56.3 Å². The summed E-state index contributed by atoms with van der Waals surface area (Å²) in [5.41, 5.74) is -2.12. The largest absolute Gasteiger partial charge is 0.491 e. The van der Waals surface area contributed by atoms with E-state index in [-0.39, 0.29) is 35.8 Å². The molecule has 2 heterocycles. The van der Waals surface area contributed by atoms with Gasteiger partial charge in [-0.3, -0.25) is 19.3 Å². The molecule has 3 unspecified atom stereocenters. The molecule has 1 aromatic rings. The number of pyridine rings is 1. The number of carbonyl (C=O) groups excluding carboxylic acids is 3. The molecule has 10 nitrogen and oxygen atoms in total. The number of sulfone groups is 1. The Hall–Kier alpha value is -3.28. The van der Waals surface area contributed by atoms with E-state index in [4.69, 9.17) is 9.47 Å². The van der Waals surface area contributed by atoms with Crippen molar-refractivity contribution in [2.75, 3.05) is 25.7 Å². The quantitative estimate of drug-likeness (QED) is 0.485. The molecule has 36 heavy (non-hydrogen) atoms. The molecule has 194 valence electrons. The number of aromatic nitrogens is 1. The molecule has 2 aliphatic carbocycles. The van der Waals surface area contributed by atoms with Gasteiger partial charge in [0.2, 0.25) is 11.8 Å². The van der Waals surface area contributed by atoms with Gasteiger partial charge < -0.3 is 14.8 Å². The average molecular weight is 522 g/mol. The Morgan fingerprint density at radius 3 is 2.61 bits per heavy atom. The van der Waals surface area contributed by atoms with Crippen molar-refractivity contribution < 1.29 is 36.7 Å². The second-order valence-electron chi connectivity index (χ2n) is 9.31. The van der Waals surface area contributed by atoms with Crippen molar-refractivity contribution >= 4 is 27.6 Å². The molecular formula is C24H28FN3O7S. The first-order chi connectivity index (χ1) is 16.9. The normalized spacial score (nSPS) is 24.6. The number of hydrogen-bond donors (Lipinski definition) is 1. The Morgan fingerprint density at radius 1 is 1.33 bits per heavy atom. The molecule has 1 saturated heterocycles. The molecule has 3 atom stereocenters. The maximum Gasteiger partial charge on any atom is 0.261 e. The van der Waals surface area contributed by atoms with Crippen LogP contribution in [-0.4, -0.2) is 67.8 Å². The van der Waals surface area contributed by atoms with E-state index in [0.29, 0.717) is 0 Å². The first-order valence-corrected chi connectivity index (χ1v) is 13.6. The van der Waals surface area contributed by atoms with Gasteiger partial charge in [-0.05, 0) is 44.9 Å². The molecule has 1 saturated carbocycles. The van der Waals surface area contributed by atoms with Crippen LogP contribution in [0.1, 0.15) is 38.4 Å². The molecule has 3 aliphatic rings. The monoisotopic (exact) mass is 521 g/mol. The summed E-state index contributed by atoms with van der Waals surface area (Å²) in [5.74, 6) is -3.48. The molecule has 0 aromatic carbocycles. The molecule has 4 rings (SSSR count). The number of imide groups is 1. The Balaban J connectivity index is 1.80. The molecular weight excluding hydrogens is 493 g/mol. The number of nitrogens with one attached hydrogen (secondary N) is 1. The van der Waals surface area contributed by atoms with Crippen molar-refractivity contribution in [2.24, 2.45) is 11.3 Å². The second kappa shape index (κ2) is 9.30. The van der Waals surface area contributed by atoms with Crippen LogP contribution in [0.25, 0.3) is 0 Å². The fourth-order valence-electron chi connectivity index (χ4n) is 4.58. The molecule has 0 radical (unpaired) electrons. The Kier molecular flexibility index (Phi) is 6.67. The maximum atomic E-state index is 15.0. The summed E-state index contributed by atoms with van der Waals surface area (Å²) in [6.07, 6.45) is 4.80. The Labute approximate surface area is 208 Å². The van der Waals surface area contributed by atoms with E-state index in [1.54, 1.807) is 6.92 Å². The van der Waals surface area contributed by atoms with Gasteiger partial charge in [0.25, 0.3) is 11.8 Å². The van der Waals surface area contributed by atoms with Gasteiger partial charge >= 0.3 is 0 Å². The van der Waals surface area contributed by atoms with Crippen molar-refractivity contribution in [3.63, 3.8) is 0 Å². The third-order valence-corrected chi connectivity index (χ3v) is 7.54. The summed E-state index contributed by atoms with van der Waals surface area (Å²) in [7, 11) is -2.34. The molecule has 1 N–H and O–H groups in total. The molecule has 1 aliphatic heterocycles. The average Bonchev–Trinajstić information content (AvgIpc) is 3.62. The van der Waals surface area contributed by atoms with Crippen molar-refractivity contribution in [2.45, 2.75) is 38.8 Å². The van der Waals surface area contributed by atoms with E-state index in [2.05, 4.69) is 10.3 Å². The lowest BCUT2D eigenvalue weighted by Gasteiger charge is -2.34. The number of carbonyl (C=O) groups is 3. The van der Waals surface area contributed by atoms with Gasteiger partial charge in [0.05, 0.1) is 42.8 Å². The number of allylic oxidation sites excluding steroid dienone is 2. The smallest absolute Gasteiger partial charge is 0.261 e. The maximum absolute atomic E-state index is 15.0. The van der Waals surface area contributed by atoms with Crippen molar-refractivity contribution in [1.82, 2.24) is 15.2 Å². The minimum atomic E-state index is -3.75. The van der Waals surface area contributed by atoms with Crippen LogP contribution in [0.3, 0.4) is 0 Å². The number of fused-ring (bicyclic) bond motifs is 1. The highest BCUT2D eigenvalue weighted by Crippen LogP contribution is 2.49. The number of likely N-dealkylation sites (tertiary alicyclic amines) is 1. The molecule has 1 aromatic heterocycles. The van der Waals surface area contributed by atoms with Crippen LogP contribution in [0.5, 0.6) is 11.6 Å². The summed E-state index contributed by atoms with van der Waals surface area (Å²) in [4.78, 5) is 45.0. The topological polar surface area (TPSA) is 132 Å². The highest BCUT2D eigenvalue weighted by Gasteiger charge is 2.61. The van der Waals surface area contributed by atoms with Crippen molar-refractivity contribution in [3.05, 3.63) is 41.4 Å². The zero-order valence-corrected chi connectivity index (χ0v) is 21.2. The number of halogens is 1. The second-order valence-corrected chi connectivity index (χ2v) is 11.5. The number of ether oxygens (including phenoxy) is 2. The molecule has 0 spiro atoms. The van der Waals surface area contributed by atoms with Gasteiger partial charge in [0.15, 0.2) is 5.75 Å². The standard InChI is InChI=1S/C24H28FN3O7S/c1-5-35-21-17(34-3)10-9-15(26-21)16(12-36(4,32)33)28-22(30)19-14(25)8-11-18(24(19,2)23(28)31)27-20(29)13-6-7-13/h8-11,13,16,18H,5-7,12H2,1-4H3,(H,27,29). The zero-order chi connectivity index (χ0) is 26.4. The summed E-state index contributed by atoms with van der Waals surface area (Å²) in [5, 5.41) is 2.76. The predicted molar refractivity (Wildman–Crippen MR) is 126 cm³/mol. The van der Waals surface area contributed by atoms with Crippen LogP contribution in [-0.2, 0) is 24.2 Å². The zero-order valence-electron chi connectivity index (χ0n) is 20.4. The minimum Gasteiger partial charge on any atom is -0.491 e. The number of amides is 3. The predicted octanol–water partition coefficient (Wildman–Crippen LogP) is 1.64. The fourth-order valence-corrected chi connectivity index (χ4v) is 5.47. The Morgan fingerprint density at radius 2 is 2.03 bits per heavy atom. The van der Waals surface area contributed by atoms with Gasteiger partial charge in [-0.1, -0.05) is 6.08 Å². The number of nitrogens with zero attached hydrogens (tertiary/aromatic N) is 2. The lowest BCUT2D eigenvalue weighted by atomic mass is 9.73. The highest BCUT2D eigenvalue weighted by molar-refractivity contribution is 7.90. The summed E-state index contributed by atoms with van der Waals surface area (Å²) in [6.45, 7) is 3.34. The van der Waals surface area contributed by atoms with E-state index in [1.165, 1.54) is 32.2 Å². The van der Waals surface area contributed by atoms with E-state index in [0.717, 1.165) is 30.1 Å². The summed E-state index contributed by atoms with van der Waals surface area (Å²) < 4.78 is 50.5. The number of methoxy groups -OCH3 is 1. The molecule has 12 heteroatoms. The molecule has 0 bridgehead atoms. The van der Waals surface area contributed by atoms with Gasteiger partial charge in [-0.15, -0.1) is 0 Å². The highest BCUT2D eigenvalue weighted by atomic mass is 32.2. The van der Waals surface area contributed by atoms with Gasteiger partial charge in [-0.25, -0.2) is 17.8 Å². The van der Waals surface area contributed by atoms with Gasteiger partial charge in [-0.2, -0.15) is 0 Å². The summed E-state index contributed by atoms with van der Waals surface area (Å²) >= 11 is 0. The van der Waals surface area contributed by atoms with Crippen LogP contribution >= 0.6 is 0 Å². The number of rotatable bonds is 9. The first kappa shape index (κ1) is 25.8. The van der Waals surface area contributed by atoms with Crippen LogP contribution in [0.4, 0.5) is 4.39 Å². The third kappa shape index (κ3) is 4.49. The SMILES string of the molecule is CCOc1nc(C(CS(C)(=O)=O)N2C(=O)C3=C(F)C=CC(NC(=O)C4CC4)C3(C)C2=O)ccc1OC. The summed E-state index contributed by atoms with van der Waals surface area (Å²) in [6, 6.07) is 0.565. The fraction of sp³-hybridized carbons (Fsp3) is 0.500. The van der Waals surface area contributed by atoms with E-state index in [9.17, 15) is 22.8 Å². The van der Waals surface area contributed by atoms with Gasteiger partial charge in [0, 0.05) is 12.2 Å². The van der Waals surface area contributed by atoms with Crippen LogP contribution in [0, 0.1) is 11.3 Å². The molecule has 3 amide bonds. The molecule has 2 fully saturated rings. The number of hydrogen-bond acceptors (Lipinski definition) is 8. The first-order valence-electron chi connectivity index (χ1n) is 11.5. The minimum absolute atomic E-state index is 0.0559. The van der Waals surface area contributed by atoms with Crippen LogP contribution in [0.15, 0.2) is 35.7 Å². The van der Waals surface area contributed by atoms with E-state index in [1.807, 2.05) is 0 Å². The third-order valence-electron chi connectivity index (χ3n) is 6.62. The van der Waals surface area contributed by atoms with Crippen molar-refractivity contribution in [1.29, 1.82) is 0 Å². The van der Waals surface area contributed by atoms with Gasteiger partial charge in [0.1, 0.15) is 21.1 Å². The van der Waals surface area contributed by atoms with Crippen molar-refractivity contribution in [3.8, 4) is 11.6 Å². The van der Waals surface area contributed by atoms with Crippen LogP contribution in [0.2, 0.25) is 0 Å². The van der Waals surface area contributed by atoms with Crippen LogP contribution < -0.4 is 14.8 Å². The lowest BCUT2D eigenvalue weighted by Crippen LogP contribution is -2.52. The van der Waals surface area contributed by atoms with E-state index >= 15 is 4.39 Å². The lowest BCUT2D eigenvalue weighted by molar-refractivity contribution is -0.144. The Bertz CT molecular complexity index is 1290.